The van der Waals surface area contributed by atoms with Gasteiger partial charge in [-0.25, -0.2) is 0 Å². The van der Waals surface area contributed by atoms with Crippen LogP contribution in [0.25, 0.3) is 110 Å². The monoisotopic (exact) mass is 714 g/mol. The second kappa shape index (κ2) is 11.2. The number of aromatic nitrogens is 2. The number of hydrogen-bond donors (Lipinski definition) is 0. The van der Waals surface area contributed by atoms with E-state index in [1.807, 2.05) is 91.0 Å². The third-order valence-electron chi connectivity index (χ3n) is 11.4. The number of furan rings is 2. The molecule has 0 saturated carbocycles. The first-order valence-corrected chi connectivity index (χ1v) is 18.5. The van der Waals surface area contributed by atoms with Crippen LogP contribution in [-0.2, 0) is 0 Å². The molecular weight excluding hydrogens is 689 g/mol. The van der Waals surface area contributed by atoms with E-state index in [0.717, 1.165) is 93.1 Å². The minimum atomic E-state index is 0.356. The lowest BCUT2D eigenvalue weighted by atomic mass is 9.93. The molecule has 0 aliphatic carbocycles. The van der Waals surface area contributed by atoms with Crippen LogP contribution in [0.1, 0.15) is 11.1 Å². The summed E-state index contributed by atoms with van der Waals surface area (Å²) in [5.74, 6) is 0. The van der Waals surface area contributed by atoms with Crippen molar-refractivity contribution in [3.8, 4) is 34.6 Å². The molecule has 0 aliphatic rings. The molecule has 0 fully saturated rings. The number of benzene rings is 8. The van der Waals surface area contributed by atoms with E-state index in [9.17, 15) is 10.5 Å². The normalized spacial score (nSPS) is 11.9. The third kappa shape index (κ3) is 3.92. The van der Waals surface area contributed by atoms with Gasteiger partial charge >= 0.3 is 0 Å². The summed E-state index contributed by atoms with van der Waals surface area (Å²) in [7, 11) is 0. The molecule has 0 amide bonds. The van der Waals surface area contributed by atoms with Crippen molar-refractivity contribution in [3.63, 3.8) is 0 Å². The Bertz CT molecular complexity index is 3730. The minimum Gasteiger partial charge on any atom is -0.454 e. The molecule has 0 aliphatic heterocycles. The van der Waals surface area contributed by atoms with Gasteiger partial charge in [0, 0.05) is 48.7 Å². The molecule has 6 nitrogen and oxygen atoms in total. The zero-order valence-electron chi connectivity index (χ0n) is 29.6. The minimum absolute atomic E-state index is 0.356. The molecule has 4 heterocycles. The fraction of sp³-hybridized carbons (Fsp3) is 0. The van der Waals surface area contributed by atoms with Crippen LogP contribution in [0.15, 0.2) is 167 Å². The van der Waals surface area contributed by atoms with Gasteiger partial charge in [-0.2, -0.15) is 10.5 Å². The number of hydrogen-bond acceptors (Lipinski definition) is 4. The van der Waals surface area contributed by atoms with Crippen LogP contribution in [-0.4, -0.2) is 9.13 Å². The van der Waals surface area contributed by atoms with Crippen molar-refractivity contribution < 1.29 is 8.83 Å². The fourth-order valence-electron chi connectivity index (χ4n) is 9.10. The van der Waals surface area contributed by atoms with E-state index in [1.54, 1.807) is 6.07 Å². The van der Waals surface area contributed by atoms with E-state index in [2.05, 4.69) is 81.9 Å². The van der Waals surface area contributed by atoms with E-state index < -0.39 is 0 Å². The van der Waals surface area contributed by atoms with Gasteiger partial charge in [0.2, 0.25) is 0 Å². The SMILES string of the molecule is N#Cc1cc(C#N)c(-n2c3ccccc3c3ccc4c5ccccc5oc4c32)c(-n2c3ccccc3c3ccc4c5ccccc5oc4c32)c1-c1ccccc1. The molecule has 0 N–H and O–H groups in total. The van der Waals surface area contributed by atoms with Crippen LogP contribution in [0.5, 0.6) is 0 Å². The molecule has 0 spiro atoms. The maximum Gasteiger partial charge on any atom is 0.160 e. The first kappa shape index (κ1) is 30.4. The molecule has 6 heteroatoms. The van der Waals surface area contributed by atoms with Crippen molar-refractivity contribution in [2.45, 2.75) is 0 Å². The van der Waals surface area contributed by atoms with E-state index in [-0.39, 0.29) is 0 Å². The summed E-state index contributed by atoms with van der Waals surface area (Å²) in [5.41, 5.74) is 10.2. The van der Waals surface area contributed by atoms with Crippen molar-refractivity contribution in [1.82, 2.24) is 9.13 Å². The van der Waals surface area contributed by atoms with Crippen molar-refractivity contribution in [1.29, 1.82) is 10.5 Å². The molecule has 0 unspecified atom stereocenters. The molecule has 0 atom stereocenters. The lowest BCUT2D eigenvalue weighted by Crippen LogP contribution is -2.10. The first-order valence-electron chi connectivity index (χ1n) is 18.5. The smallest absolute Gasteiger partial charge is 0.160 e. The quantitative estimate of drug-likeness (QED) is 0.182. The van der Waals surface area contributed by atoms with Crippen LogP contribution < -0.4 is 0 Å². The number of nitrogens with zero attached hydrogens (tertiary/aromatic N) is 4. The Kier molecular flexibility index (Phi) is 6.10. The summed E-state index contributed by atoms with van der Waals surface area (Å²) in [6, 6.07) is 58.2. The Morgan fingerprint density at radius 3 is 1.38 bits per heavy atom. The predicted octanol–water partition coefficient (Wildman–Crippen LogP) is 13.1. The van der Waals surface area contributed by atoms with Crippen LogP contribution in [0.3, 0.4) is 0 Å². The van der Waals surface area contributed by atoms with Gasteiger partial charge in [0.1, 0.15) is 17.2 Å². The third-order valence-corrected chi connectivity index (χ3v) is 11.4. The van der Waals surface area contributed by atoms with Gasteiger partial charge in [-0.05, 0) is 48.0 Å². The van der Waals surface area contributed by atoms with Crippen molar-refractivity contribution in [2.75, 3.05) is 0 Å². The van der Waals surface area contributed by atoms with Gasteiger partial charge in [0.15, 0.2) is 11.2 Å². The molecule has 56 heavy (non-hydrogen) atoms. The van der Waals surface area contributed by atoms with Crippen molar-refractivity contribution >= 4 is 87.5 Å². The average molecular weight is 715 g/mol. The molecule has 0 saturated heterocycles. The summed E-state index contributed by atoms with van der Waals surface area (Å²) >= 11 is 0. The average Bonchev–Trinajstić information content (AvgIpc) is 4.01. The van der Waals surface area contributed by atoms with Crippen molar-refractivity contribution in [3.05, 3.63) is 169 Å². The molecule has 4 aromatic heterocycles. The number of para-hydroxylation sites is 4. The molecule has 8 aromatic carbocycles. The Balaban J connectivity index is 1.39. The molecule has 0 bridgehead atoms. The van der Waals surface area contributed by atoms with Gasteiger partial charge in [-0.15, -0.1) is 0 Å². The van der Waals surface area contributed by atoms with Crippen LogP contribution in [0.4, 0.5) is 0 Å². The number of nitriles is 2. The van der Waals surface area contributed by atoms with Gasteiger partial charge in [-0.1, -0.05) is 115 Å². The van der Waals surface area contributed by atoms with E-state index >= 15 is 0 Å². The maximum absolute atomic E-state index is 11.3. The molecular formula is C50H26N4O2. The lowest BCUT2D eigenvalue weighted by molar-refractivity contribution is 0.670. The van der Waals surface area contributed by atoms with E-state index in [0.29, 0.717) is 28.1 Å². The van der Waals surface area contributed by atoms with Crippen molar-refractivity contribution in [2.24, 2.45) is 0 Å². The highest BCUT2D eigenvalue weighted by Gasteiger charge is 2.30. The highest BCUT2D eigenvalue weighted by Crippen LogP contribution is 2.48. The Labute approximate surface area is 318 Å². The topological polar surface area (TPSA) is 83.7 Å². The molecule has 12 rings (SSSR count). The van der Waals surface area contributed by atoms with Gasteiger partial charge in [0.05, 0.1) is 50.6 Å². The molecule has 258 valence electrons. The summed E-state index contributed by atoms with van der Waals surface area (Å²) in [6.45, 7) is 0. The standard InChI is InChI=1S/C50H26N4O2/c51-27-30-26-31(28-52)45(53-40-18-8-4-14-32(40)36-22-24-38-34-16-6-10-20-42(34)55-49(38)46(36)53)48(44(30)29-12-2-1-3-13-29)54-41-19-9-5-15-33(41)37-23-25-39-35-17-7-11-21-43(35)56-50(39)47(37)54/h1-26H. The van der Waals surface area contributed by atoms with Gasteiger partial charge in [0.25, 0.3) is 0 Å². The highest BCUT2D eigenvalue weighted by molar-refractivity contribution is 6.24. The molecule has 0 radical (unpaired) electrons. The first-order chi connectivity index (χ1) is 27.7. The highest BCUT2D eigenvalue weighted by atomic mass is 16.3. The fourth-order valence-corrected chi connectivity index (χ4v) is 9.10. The largest absolute Gasteiger partial charge is 0.454 e. The van der Waals surface area contributed by atoms with E-state index in [1.165, 1.54) is 0 Å². The summed E-state index contributed by atoms with van der Waals surface area (Å²) in [5, 5.41) is 30.3. The zero-order valence-corrected chi connectivity index (χ0v) is 29.6. The number of rotatable bonds is 3. The Morgan fingerprint density at radius 1 is 0.393 bits per heavy atom. The summed E-state index contributed by atoms with van der Waals surface area (Å²) in [4.78, 5) is 0. The molecule has 12 aromatic rings. The van der Waals surface area contributed by atoms with Crippen LogP contribution in [0, 0.1) is 22.7 Å². The second-order valence-corrected chi connectivity index (χ2v) is 14.2. The Hall–Kier alpha value is -8.06. The van der Waals surface area contributed by atoms with Gasteiger partial charge in [-0.3, -0.25) is 0 Å². The summed E-state index contributed by atoms with van der Waals surface area (Å²) < 4.78 is 18.0. The maximum atomic E-state index is 11.3. The van der Waals surface area contributed by atoms with E-state index in [4.69, 9.17) is 8.83 Å². The van der Waals surface area contributed by atoms with Gasteiger partial charge < -0.3 is 18.0 Å². The Morgan fingerprint density at radius 2 is 0.839 bits per heavy atom. The van der Waals surface area contributed by atoms with Crippen LogP contribution >= 0.6 is 0 Å². The number of fused-ring (bicyclic) bond motifs is 14. The van der Waals surface area contributed by atoms with Crippen LogP contribution in [0.2, 0.25) is 0 Å². The predicted molar refractivity (Wildman–Crippen MR) is 225 cm³/mol. The zero-order chi connectivity index (χ0) is 37.1. The summed E-state index contributed by atoms with van der Waals surface area (Å²) in [6.07, 6.45) is 0. The second-order valence-electron chi connectivity index (χ2n) is 14.2. The lowest BCUT2D eigenvalue weighted by Gasteiger charge is -2.23.